The zero-order valence-corrected chi connectivity index (χ0v) is 47.3. The van der Waals surface area contributed by atoms with Crippen LogP contribution in [0.5, 0.6) is 0 Å². The van der Waals surface area contributed by atoms with E-state index >= 15 is 0 Å². The zero-order valence-electron chi connectivity index (χ0n) is 47.3. The fourth-order valence-electron chi connectivity index (χ4n) is 9.48. The highest BCUT2D eigenvalue weighted by atomic mass is 16.6. The average Bonchev–Trinajstić information content (AvgIpc) is 3.36. The van der Waals surface area contributed by atoms with Crippen molar-refractivity contribution in [3.8, 4) is 0 Å². The summed E-state index contributed by atoms with van der Waals surface area (Å²) in [4.78, 5) is 37.9. The Morgan fingerprint density at radius 2 is 0.514 bits per heavy atom. The first-order chi connectivity index (χ1) is 34.5. The Morgan fingerprint density at radius 3 is 0.814 bits per heavy atom. The average molecular weight is 986 g/mol. The van der Waals surface area contributed by atoms with Gasteiger partial charge in [-0.25, -0.2) is 0 Å². The maximum Gasteiger partial charge on any atom is 0.306 e. The molecule has 412 valence electrons. The van der Waals surface area contributed by atoms with Crippen LogP contribution < -0.4 is 0 Å². The molecule has 0 heterocycles. The van der Waals surface area contributed by atoms with Crippen molar-refractivity contribution in [1.82, 2.24) is 0 Å². The third-order valence-electron chi connectivity index (χ3n) is 14.2. The fourth-order valence-corrected chi connectivity index (χ4v) is 9.48. The van der Waals surface area contributed by atoms with Gasteiger partial charge in [0.25, 0.3) is 0 Å². The van der Waals surface area contributed by atoms with E-state index in [0.29, 0.717) is 19.3 Å². The highest BCUT2D eigenvalue weighted by Gasteiger charge is 2.19. The predicted molar refractivity (Wildman–Crippen MR) is 303 cm³/mol. The standard InChI is InChI=1S/C64H120O6/c1-4-7-10-13-16-18-20-22-24-26-27-28-29-30-31-32-33-34-35-36-37-39-40-42-44-46-48-51-54-57-63(66)69-60-61(59-68-62(65)56-53-50-15-12-9-6-3)70-64(67)58-55-52-49-47-45-43-41-38-25-23-21-19-17-14-11-8-5-2/h17,19,23,25,61H,4-16,18,20-22,24,26-60H2,1-3H3/b19-17-,25-23-. The molecular formula is C64H120O6. The molecule has 1 atom stereocenters. The first-order valence-electron chi connectivity index (χ1n) is 31.3. The Labute approximate surface area is 436 Å². The molecule has 0 bridgehead atoms. The summed E-state index contributed by atoms with van der Waals surface area (Å²) in [5, 5.41) is 0. The Balaban J connectivity index is 3.98. The number of ether oxygens (including phenoxy) is 3. The molecule has 1 unspecified atom stereocenters. The van der Waals surface area contributed by atoms with Gasteiger partial charge in [-0.15, -0.1) is 0 Å². The summed E-state index contributed by atoms with van der Waals surface area (Å²) in [6.45, 7) is 6.60. The third kappa shape index (κ3) is 56.8. The summed E-state index contributed by atoms with van der Waals surface area (Å²) < 4.78 is 16.8. The van der Waals surface area contributed by atoms with E-state index in [9.17, 15) is 14.4 Å². The largest absolute Gasteiger partial charge is 0.462 e. The summed E-state index contributed by atoms with van der Waals surface area (Å²) in [5.74, 6) is -0.868. The van der Waals surface area contributed by atoms with Crippen LogP contribution in [0.4, 0.5) is 0 Å². The molecule has 0 spiro atoms. The van der Waals surface area contributed by atoms with Gasteiger partial charge in [0, 0.05) is 19.3 Å². The van der Waals surface area contributed by atoms with Crippen LogP contribution >= 0.6 is 0 Å². The number of unbranched alkanes of at least 4 members (excludes halogenated alkanes) is 43. The number of hydrogen-bond acceptors (Lipinski definition) is 6. The van der Waals surface area contributed by atoms with Crippen molar-refractivity contribution >= 4 is 17.9 Å². The quantitative estimate of drug-likeness (QED) is 0.0261. The summed E-state index contributed by atoms with van der Waals surface area (Å²) in [6.07, 6.45) is 70.9. The highest BCUT2D eigenvalue weighted by molar-refractivity contribution is 5.71. The Hall–Kier alpha value is -2.11. The van der Waals surface area contributed by atoms with E-state index in [1.807, 2.05) is 0 Å². The molecule has 0 fully saturated rings. The maximum absolute atomic E-state index is 12.8. The van der Waals surface area contributed by atoms with Crippen molar-refractivity contribution in [3.05, 3.63) is 24.3 Å². The van der Waals surface area contributed by atoms with E-state index in [4.69, 9.17) is 14.2 Å². The predicted octanol–water partition coefficient (Wildman–Crippen LogP) is 21.1. The van der Waals surface area contributed by atoms with E-state index < -0.39 is 6.10 Å². The minimum atomic E-state index is -0.769. The van der Waals surface area contributed by atoms with Crippen molar-refractivity contribution < 1.29 is 28.6 Å². The number of allylic oxidation sites excluding steroid dienone is 4. The van der Waals surface area contributed by atoms with Crippen LogP contribution in [0, 0.1) is 0 Å². The molecule has 0 N–H and O–H groups in total. The summed E-state index contributed by atoms with van der Waals surface area (Å²) in [7, 11) is 0. The van der Waals surface area contributed by atoms with Crippen molar-refractivity contribution in [2.45, 2.75) is 354 Å². The van der Waals surface area contributed by atoms with Crippen molar-refractivity contribution in [1.29, 1.82) is 0 Å². The van der Waals surface area contributed by atoms with Gasteiger partial charge in [-0.05, 0) is 51.4 Å². The van der Waals surface area contributed by atoms with Crippen molar-refractivity contribution in [2.75, 3.05) is 13.2 Å². The van der Waals surface area contributed by atoms with E-state index in [1.54, 1.807) is 0 Å². The second-order valence-electron chi connectivity index (χ2n) is 21.3. The molecule has 0 aliphatic carbocycles. The highest BCUT2D eigenvalue weighted by Crippen LogP contribution is 2.18. The smallest absolute Gasteiger partial charge is 0.306 e. The number of hydrogen-bond donors (Lipinski definition) is 0. The lowest BCUT2D eigenvalue weighted by Gasteiger charge is -2.18. The summed E-state index contributed by atoms with van der Waals surface area (Å²) >= 11 is 0. The van der Waals surface area contributed by atoms with E-state index in [1.165, 1.54) is 238 Å². The normalized spacial score (nSPS) is 12.1. The molecule has 0 saturated heterocycles. The molecule has 6 heteroatoms. The second-order valence-corrected chi connectivity index (χ2v) is 21.3. The Kier molecular flexibility index (Phi) is 57.7. The summed E-state index contributed by atoms with van der Waals surface area (Å²) in [6, 6.07) is 0. The maximum atomic E-state index is 12.8. The van der Waals surface area contributed by atoms with E-state index in [2.05, 4.69) is 45.1 Å². The molecule has 0 aromatic rings. The summed E-state index contributed by atoms with van der Waals surface area (Å²) in [5.41, 5.74) is 0. The van der Waals surface area contributed by atoms with Gasteiger partial charge in [0.05, 0.1) is 0 Å². The first kappa shape index (κ1) is 67.9. The van der Waals surface area contributed by atoms with Crippen LogP contribution in [0.1, 0.15) is 348 Å². The van der Waals surface area contributed by atoms with Crippen molar-refractivity contribution in [2.24, 2.45) is 0 Å². The van der Waals surface area contributed by atoms with E-state index in [-0.39, 0.29) is 31.1 Å². The van der Waals surface area contributed by atoms with Gasteiger partial charge in [-0.1, -0.05) is 302 Å². The minimum Gasteiger partial charge on any atom is -0.462 e. The lowest BCUT2D eigenvalue weighted by molar-refractivity contribution is -0.167. The van der Waals surface area contributed by atoms with Gasteiger partial charge in [0.1, 0.15) is 13.2 Å². The monoisotopic (exact) mass is 985 g/mol. The molecule has 0 aliphatic rings. The van der Waals surface area contributed by atoms with Gasteiger partial charge in [0.15, 0.2) is 6.10 Å². The minimum absolute atomic E-state index is 0.0701. The van der Waals surface area contributed by atoms with Gasteiger partial charge >= 0.3 is 17.9 Å². The van der Waals surface area contributed by atoms with Gasteiger partial charge < -0.3 is 14.2 Å². The van der Waals surface area contributed by atoms with Gasteiger partial charge in [-0.3, -0.25) is 14.4 Å². The fraction of sp³-hybridized carbons (Fsp3) is 0.891. The van der Waals surface area contributed by atoms with Crippen LogP contribution in [0.3, 0.4) is 0 Å². The van der Waals surface area contributed by atoms with Crippen molar-refractivity contribution in [3.63, 3.8) is 0 Å². The van der Waals surface area contributed by atoms with Crippen LogP contribution in [-0.2, 0) is 28.6 Å². The molecule has 0 aromatic heterocycles. The second kappa shape index (κ2) is 59.5. The lowest BCUT2D eigenvalue weighted by atomic mass is 10.0. The van der Waals surface area contributed by atoms with Crippen LogP contribution in [0.25, 0.3) is 0 Å². The Bertz CT molecular complexity index is 1130. The number of carbonyl (C=O) groups excluding carboxylic acids is 3. The molecule has 0 aromatic carbocycles. The molecule has 0 saturated carbocycles. The van der Waals surface area contributed by atoms with Crippen LogP contribution in [0.2, 0.25) is 0 Å². The third-order valence-corrected chi connectivity index (χ3v) is 14.2. The molecule has 70 heavy (non-hydrogen) atoms. The topological polar surface area (TPSA) is 78.9 Å². The molecule has 0 rings (SSSR count). The molecule has 0 radical (unpaired) electrons. The lowest BCUT2D eigenvalue weighted by Crippen LogP contribution is -2.30. The van der Waals surface area contributed by atoms with E-state index in [0.717, 1.165) is 70.6 Å². The number of carbonyl (C=O) groups is 3. The van der Waals surface area contributed by atoms with Crippen LogP contribution in [-0.4, -0.2) is 37.2 Å². The van der Waals surface area contributed by atoms with Gasteiger partial charge in [-0.2, -0.15) is 0 Å². The number of esters is 3. The molecular weight excluding hydrogens is 865 g/mol. The number of rotatable bonds is 58. The first-order valence-corrected chi connectivity index (χ1v) is 31.3. The SMILES string of the molecule is CCCCC/C=C\C/C=C\CCCCCCCCCC(=O)OC(COC(=O)CCCCCCCC)COC(=O)CCCCCCCCCCCCCCCCCCCCCCCCCCCCCCC. The van der Waals surface area contributed by atoms with Gasteiger partial charge in [0.2, 0.25) is 0 Å². The zero-order chi connectivity index (χ0) is 50.7. The molecule has 6 nitrogen and oxygen atoms in total. The van der Waals surface area contributed by atoms with Crippen LogP contribution in [0.15, 0.2) is 24.3 Å². The Morgan fingerprint density at radius 1 is 0.286 bits per heavy atom. The molecule has 0 aliphatic heterocycles. The molecule has 0 amide bonds.